The van der Waals surface area contributed by atoms with Crippen LogP contribution in [0.15, 0.2) is 42.5 Å². The molecule has 2 N–H and O–H groups in total. The Morgan fingerprint density at radius 2 is 1.79 bits per heavy atom. The standard InChI is InChI=1S/C20H20Cl2N2O5/c1-13-3-2-4-15(9-13)28-8-7-23-18(25)12-29-19(26)11-24-20(27)14-5-6-16(21)17(22)10-14/h2-6,9-10H,7-8,11-12H2,1H3,(H,23,25)(H,24,27). The molecule has 154 valence electrons. The summed E-state index contributed by atoms with van der Waals surface area (Å²) in [5.41, 5.74) is 1.32. The van der Waals surface area contributed by atoms with Crippen molar-refractivity contribution in [3.63, 3.8) is 0 Å². The Labute approximate surface area is 178 Å². The molecule has 0 aliphatic rings. The first-order valence-corrected chi connectivity index (χ1v) is 9.46. The molecular weight excluding hydrogens is 419 g/mol. The van der Waals surface area contributed by atoms with Crippen LogP contribution in [0.4, 0.5) is 0 Å². The molecule has 2 amide bonds. The van der Waals surface area contributed by atoms with E-state index in [9.17, 15) is 14.4 Å². The molecular formula is C20H20Cl2N2O5. The number of nitrogens with one attached hydrogen (secondary N) is 2. The third-order valence-corrected chi connectivity index (χ3v) is 4.36. The topological polar surface area (TPSA) is 93.7 Å². The molecule has 0 atom stereocenters. The van der Waals surface area contributed by atoms with Gasteiger partial charge in [0, 0.05) is 5.56 Å². The minimum absolute atomic E-state index is 0.227. The van der Waals surface area contributed by atoms with Gasteiger partial charge in [-0.2, -0.15) is 0 Å². The van der Waals surface area contributed by atoms with Crippen LogP contribution in [0, 0.1) is 6.92 Å². The number of amides is 2. The largest absolute Gasteiger partial charge is 0.492 e. The highest BCUT2D eigenvalue weighted by atomic mass is 35.5. The maximum absolute atomic E-state index is 11.9. The van der Waals surface area contributed by atoms with E-state index in [1.165, 1.54) is 18.2 Å². The van der Waals surface area contributed by atoms with Crippen LogP contribution in [-0.2, 0) is 14.3 Å². The summed E-state index contributed by atoms with van der Waals surface area (Å²) in [5, 5.41) is 5.49. The number of hydrogen-bond donors (Lipinski definition) is 2. The zero-order valence-corrected chi connectivity index (χ0v) is 17.2. The van der Waals surface area contributed by atoms with E-state index in [1.807, 2.05) is 31.2 Å². The molecule has 2 aromatic carbocycles. The van der Waals surface area contributed by atoms with Crippen molar-refractivity contribution < 1.29 is 23.9 Å². The van der Waals surface area contributed by atoms with E-state index in [2.05, 4.69) is 10.6 Å². The van der Waals surface area contributed by atoms with Crippen molar-refractivity contribution in [1.29, 1.82) is 0 Å². The number of aryl methyl sites for hydroxylation is 1. The van der Waals surface area contributed by atoms with E-state index in [-0.39, 0.29) is 30.3 Å². The molecule has 0 bridgehead atoms. The van der Waals surface area contributed by atoms with Gasteiger partial charge in [-0.3, -0.25) is 14.4 Å². The van der Waals surface area contributed by atoms with Crippen LogP contribution < -0.4 is 15.4 Å². The van der Waals surface area contributed by atoms with Crippen LogP contribution in [0.2, 0.25) is 10.0 Å². The average molecular weight is 439 g/mol. The maximum Gasteiger partial charge on any atom is 0.325 e. The van der Waals surface area contributed by atoms with Gasteiger partial charge in [0.2, 0.25) is 0 Å². The van der Waals surface area contributed by atoms with E-state index in [0.717, 1.165) is 5.56 Å². The predicted octanol–water partition coefficient (Wildman–Crippen LogP) is 2.77. The number of esters is 1. The number of halogens is 2. The molecule has 9 heteroatoms. The molecule has 0 aliphatic heterocycles. The van der Waals surface area contributed by atoms with Crippen molar-refractivity contribution in [3.05, 3.63) is 63.6 Å². The Bertz CT molecular complexity index is 889. The highest BCUT2D eigenvalue weighted by Gasteiger charge is 2.12. The van der Waals surface area contributed by atoms with Gasteiger partial charge in [-0.05, 0) is 42.8 Å². The second kappa shape index (κ2) is 11.3. The Morgan fingerprint density at radius 1 is 1.00 bits per heavy atom. The van der Waals surface area contributed by atoms with E-state index in [1.54, 1.807) is 0 Å². The average Bonchev–Trinajstić information content (AvgIpc) is 2.70. The predicted molar refractivity (Wildman–Crippen MR) is 109 cm³/mol. The minimum atomic E-state index is -0.746. The molecule has 0 aliphatic carbocycles. The maximum atomic E-state index is 11.9. The lowest BCUT2D eigenvalue weighted by Gasteiger charge is -2.09. The van der Waals surface area contributed by atoms with Gasteiger partial charge in [-0.1, -0.05) is 35.3 Å². The second-order valence-corrected chi connectivity index (χ2v) is 6.80. The van der Waals surface area contributed by atoms with Gasteiger partial charge in [0.1, 0.15) is 18.9 Å². The Kier molecular flexibility index (Phi) is 8.76. The molecule has 0 radical (unpaired) electrons. The summed E-state index contributed by atoms with van der Waals surface area (Å²) in [5.74, 6) is -1.02. The number of benzene rings is 2. The monoisotopic (exact) mass is 438 g/mol. The summed E-state index contributed by atoms with van der Waals surface area (Å²) in [7, 11) is 0. The van der Waals surface area contributed by atoms with Crippen molar-refractivity contribution in [2.45, 2.75) is 6.92 Å². The Hall–Kier alpha value is -2.77. The fraction of sp³-hybridized carbons (Fsp3) is 0.250. The number of rotatable bonds is 9. The SMILES string of the molecule is Cc1cccc(OCCNC(=O)COC(=O)CNC(=O)c2ccc(Cl)c(Cl)c2)c1. The van der Waals surface area contributed by atoms with Crippen molar-refractivity contribution in [2.24, 2.45) is 0 Å². The summed E-state index contributed by atoms with van der Waals surface area (Å²) in [6, 6.07) is 11.9. The lowest BCUT2D eigenvalue weighted by molar-refractivity contribution is -0.147. The van der Waals surface area contributed by atoms with Gasteiger partial charge in [-0.15, -0.1) is 0 Å². The molecule has 2 aromatic rings. The van der Waals surface area contributed by atoms with Crippen molar-refractivity contribution in [3.8, 4) is 5.75 Å². The molecule has 0 saturated heterocycles. The fourth-order valence-corrected chi connectivity index (χ4v) is 2.50. The molecule has 7 nitrogen and oxygen atoms in total. The normalized spacial score (nSPS) is 10.2. The Balaban J connectivity index is 1.61. The van der Waals surface area contributed by atoms with Crippen LogP contribution in [0.1, 0.15) is 15.9 Å². The van der Waals surface area contributed by atoms with Crippen LogP contribution in [0.5, 0.6) is 5.75 Å². The highest BCUT2D eigenvalue weighted by Crippen LogP contribution is 2.22. The first-order valence-electron chi connectivity index (χ1n) is 8.70. The van der Waals surface area contributed by atoms with E-state index in [4.69, 9.17) is 32.7 Å². The number of ether oxygens (including phenoxy) is 2. The van der Waals surface area contributed by atoms with Gasteiger partial charge in [0.05, 0.1) is 16.6 Å². The van der Waals surface area contributed by atoms with Gasteiger partial charge in [-0.25, -0.2) is 0 Å². The molecule has 0 aromatic heterocycles. The van der Waals surface area contributed by atoms with Crippen molar-refractivity contribution >= 4 is 41.0 Å². The van der Waals surface area contributed by atoms with E-state index in [0.29, 0.717) is 10.8 Å². The summed E-state index contributed by atoms with van der Waals surface area (Å²) in [6.07, 6.45) is 0. The van der Waals surface area contributed by atoms with Crippen LogP contribution in [0.25, 0.3) is 0 Å². The summed E-state index contributed by atoms with van der Waals surface area (Å²) in [4.78, 5) is 35.3. The quantitative estimate of drug-likeness (QED) is 0.463. The fourth-order valence-electron chi connectivity index (χ4n) is 2.20. The van der Waals surface area contributed by atoms with Gasteiger partial charge in [0.15, 0.2) is 6.61 Å². The number of hydrogen-bond acceptors (Lipinski definition) is 5. The van der Waals surface area contributed by atoms with E-state index >= 15 is 0 Å². The molecule has 0 spiro atoms. The zero-order valence-electron chi connectivity index (χ0n) is 15.7. The van der Waals surface area contributed by atoms with Crippen molar-refractivity contribution in [2.75, 3.05) is 26.3 Å². The van der Waals surface area contributed by atoms with Crippen LogP contribution >= 0.6 is 23.2 Å². The van der Waals surface area contributed by atoms with Crippen LogP contribution in [0.3, 0.4) is 0 Å². The third-order valence-electron chi connectivity index (χ3n) is 3.62. The summed E-state index contributed by atoms with van der Waals surface area (Å²) in [6.45, 7) is 1.66. The number of carbonyl (C=O) groups excluding carboxylic acids is 3. The van der Waals surface area contributed by atoms with E-state index < -0.39 is 24.4 Å². The van der Waals surface area contributed by atoms with Gasteiger partial charge in [0.25, 0.3) is 11.8 Å². The lowest BCUT2D eigenvalue weighted by Crippen LogP contribution is -2.35. The summed E-state index contributed by atoms with van der Waals surface area (Å²) < 4.78 is 10.3. The lowest BCUT2D eigenvalue weighted by atomic mass is 10.2. The Morgan fingerprint density at radius 3 is 2.52 bits per heavy atom. The highest BCUT2D eigenvalue weighted by molar-refractivity contribution is 6.42. The molecule has 2 rings (SSSR count). The van der Waals surface area contributed by atoms with Crippen molar-refractivity contribution in [1.82, 2.24) is 10.6 Å². The second-order valence-electron chi connectivity index (χ2n) is 5.99. The van der Waals surface area contributed by atoms with Gasteiger partial charge >= 0.3 is 5.97 Å². The van der Waals surface area contributed by atoms with Gasteiger partial charge < -0.3 is 20.1 Å². The first kappa shape index (κ1) is 22.5. The smallest absolute Gasteiger partial charge is 0.325 e. The molecule has 0 unspecified atom stereocenters. The zero-order chi connectivity index (χ0) is 21.2. The third kappa shape index (κ3) is 8.01. The first-order chi connectivity index (χ1) is 13.8. The minimum Gasteiger partial charge on any atom is -0.492 e. The number of carbonyl (C=O) groups is 3. The molecule has 0 fully saturated rings. The molecule has 29 heavy (non-hydrogen) atoms. The summed E-state index contributed by atoms with van der Waals surface area (Å²) >= 11 is 11.6. The molecule has 0 saturated carbocycles. The molecule has 0 heterocycles. The van der Waals surface area contributed by atoms with Crippen LogP contribution in [-0.4, -0.2) is 44.1 Å².